The molecule has 1 N–H and O–H groups in total. The van der Waals surface area contributed by atoms with Gasteiger partial charge in [-0.1, -0.05) is 36.0 Å². The van der Waals surface area contributed by atoms with Gasteiger partial charge >= 0.3 is 0 Å². The Hall–Kier alpha value is -2.08. The first-order valence-corrected chi connectivity index (χ1v) is 7.43. The molecule has 0 heterocycles. The normalized spacial score (nSPS) is 10.5. The predicted molar refractivity (Wildman–Crippen MR) is 83.6 cm³/mol. The molecule has 0 saturated heterocycles. The number of anilines is 1. The third kappa shape index (κ3) is 4.73. The average Bonchev–Trinajstić information content (AvgIpc) is 2.49. The van der Waals surface area contributed by atoms with E-state index in [1.165, 1.54) is 0 Å². The molecule has 0 fully saturated rings. The molecule has 0 aliphatic heterocycles. The van der Waals surface area contributed by atoms with Crippen LogP contribution < -0.4 is 10.1 Å². The number of benzene rings is 2. The van der Waals surface area contributed by atoms with E-state index in [1.807, 2.05) is 0 Å². The van der Waals surface area contributed by atoms with Crippen molar-refractivity contribution < 1.29 is 18.3 Å². The van der Waals surface area contributed by atoms with Crippen LogP contribution in [0.4, 0.5) is 14.5 Å². The van der Waals surface area contributed by atoms with Gasteiger partial charge in [0, 0.05) is 4.90 Å². The lowest BCUT2D eigenvalue weighted by Gasteiger charge is -2.10. The van der Waals surface area contributed by atoms with E-state index in [-0.39, 0.29) is 12.3 Å². The van der Waals surface area contributed by atoms with Gasteiger partial charge in [0.2, 0.25) is 5.91 Å². The topological polar surface area (TPSA) is 38.3 Å². The lowest BCUT2D eigenvalue weighted by Crippen LogP contribution is -2.15. The number of halogens is 2. The lowest BCUT2D eigenvalue weighted by atomic mass is 10.1. The van der Waals surface area contributed by atoms with E-state index >= 15 is 0 Å². The summed E-state index contributed by atoms with van der Waals surface area (Å²) < 4.78 is 30.0. The molecule has 0 bridgehead atoms. The minimum absolute atomic E-state index is 0.164. The van der Waals surface area contributed by atoms with E-state index in [0.29, 0.717) is 28.1 Å². The van der Waals surface area contributed by atoms with Crippen molar-refractivity contribution in [3.05, 3.63) is 54.1 Å². The van der Waals surface area contributed by atoms with Gasteiger partial charge in [-0.3, -0.25) is 4.79 Å². The van der Waals surface area contributed by atoms with E-state index in [1.54, 1.807) is 55.6 Å². The molecule has 0 atom stereocenters. The van der Waals surface area contributed by atoms with Gasteiger partial charge in [0.15, 0.2) is 0 Å². The molecule has 2 aromatic rings. The van der Waals surface area contributed by atoms with Crippen LogP contribution in [-0.2, 0) is 11.2 Å². The third-order valence-corrected chi connectivity index (χ3v) is 3.69. The van der Waals surface area contributed by atoms with E-state index in [0.717, 1.165) is 5.56 Å². The van der Waals surface area contributed by atoms with Gasteiger partial charge in [-0.25, -0.2) is 0 Å². The van der Waals surface area contributed by atoms with E-state index in [2.05, 4.69) is 5.32 Å². The molecule has 0 saturated carbocycles. The Morgan fingerprint density at radius 2 is 1.86 bits per heavy atom. The van der Waals surface area contributed by atoms with Crippen molar-refractivity contribution in [1.82, 2.24) is 0 Å². The molecule has 0 aromatic heterocycles. The van der Waals surface area contributed by atoms with Crippen LogP contribution in [0, 0.1) is 0 Å². The highest BCUT2D eigenvalue weighted by atomic mass is 32.2. The first kappa shape index (κ1) is 16.3. The van der Waals surface area contributed by atoms with Crippen molar-refractivity contribution in [2.24, 2.45) is 0 Å². The van der Waals surface area contributed by atoms with Crippen molar-refractivity contribution in [3.63, 3.8) is 0 Å². The summed E-state index contributed by atoms with van der Waals surface area (Å²) in [7, 11) is 1.57. The summed E-state index contributed by atoms with van der Waals surface area (Å²) >= 11 is 0.414. The Kier molecular flexibility index (Phi) is 5.77. The number of alkyl halides is 2. The second-order valence-electron chi connectivity index (χ2n) is 4.45. The summed E-state index contributed by atoms with van der Waals surface area (Å²) in [4.78, 5) is 12.4. The SMILES string of the molecule is COc1ccc(CC(=O)Nc2ccccc2SC(F)F)cc1. The second kappa shape index (κ2) is 7.79. The molecule has 3 nitrogen and oxygen atoms in total. The zero-order chi connectivity index (χ0) is 15.9. The molecule has 0 spiro atoms. The van der Waals surface area contributed by atoms with Crippen LogP contribution in [0.25, 0.3) is 0 Å². The Morgan fingerprint density at radius 3 is 2.50 bits per heavy atom. The Balaban J connectivity index is 2.02. The first-order valence-electron chi connectivity index (χ1n) is 6.55. The van der Waals surface area contributed by atoms with Crippen molar-refractivity contribution >= 4 is 23.4 Å². The highest BCUT2D eigenvalue weighted by Gasteiger charge is 2.12. The van der Waals surface area contributed by atoms with Gasteiger partial charge in [-0.05, 0) is 29.8 Å². The minimum atomic E-state index is -2.53. The molecule has 6 heteroatoms. The van der Waals surface area contributed by atoms with Crippen LogP contribution in [0.1, 0.15) is 5.56 Å². The van der Waals surface area contributed by atoms with Gasteiger partial charge in [0.25, 0.3) is 5.76 Å². The number of methoxy groups -OCH3 is 1. The Bertz CT molecular complexity index is 632. The first-order chi connectivity index (χ1) is 10.6. The van der Waals surface area contributed by atoms with Crippen LogP contribution in [-0.4, -0.2) is 18.8 Å². The molecule has 2 aromatic carbocycles. The van der Waals surface area contributed by atoms with Crippen LogP contribution in [0.2, 0.25) is 0 Å². The van der Waals surface area contributed by atoms with Crippen LogP contribution in [0.5, 0.6) is 5.75 Å². The minimum Gasteiger partial charge on any atom is -0.497 e. The summed E-state index contributed by atoms with van der Waals surface area (Å²) in [6, 6.07) is 13.6. The smallest absolute Gasteiger partial charge is 0.288 e. The van der Waals surface area contributed by atoms with Crippen molar-refractivity contribution in [3.8, 4) is 5.75 Å². The maximum atomic E-state index is 12.5. The zero-order valence-electron chi connectivity index (χ0n) is 11.9. The van der Waals surface area contributed by atoms with Gasteiger partial charge in [-0.2, -0.15) is 8.78 Å². The van der Waals surface area contributed by atoms with Crippen molar-refractivity contribution in [2.45, 2.75) is 17.1 Å². The number of carbonyl (C=O) groups excluding carboxylic acids is 1. The fourth-order valence-corrected chi connectivity index (χ4v) is 2.49. The number of para-hydroxylation sites is 1. The Morgan fingerprint density at radius 1 is 1.18 bits per heavy atom. The number of nitrogens with one attached hydrogen (secondary N) is 1. The Labute approximate surface area is 131 Å². The molecule has 22 heavy (non-hydrogen) atoms. The predicted octanol–water partition coefficient (Wildman–Crippen LogP) is 4.19. The number of hydrogen-bond acceptors (Lipinski definition) is 3. The summed E-state index contributed by atoms with van der Waals surface area (Å²) in [5.74, 6) is -2.07. The number of amides is 1. The van der Waals surface area contributed by atoms with Crippen LogP contribution in [0.15, 0.2) is 53.4 Å². The number of thioether (sulfide) groups is 1. The van der Waals surface area contributed by atoms with E-state index in [9.17, 15) is 13.6 Å². The second-order valence-corrected chi connectivity index (χ2v) is 5.48. The molecule has 0 aliphatic carbocycles. The lowest BCUT2D eigenvalue weighted by molar-refractivity contribution is -0.115. The van der Waals surface area contributed by atoms with E-state index < -0.39 is 5.76 Å². The van der Waals surface area contributed by atoms with Gasteiger partial charge in [0.1, 0.15) is 5.75 Å². The molecule has 0 radical (unpaired) electrons. The van der Waals surface area contributed by atoms with Crippen molar-refractivity contribution in [2.75, 3.05) is 12.4 Å². The number of ether oxygens (including phenoxy) is 1. The maximum absolute atomic E-state index is 12.5. The molecule has 1 amide bonds. The highest BCUT2D eigenvalue weighted by Crippen LogP contribution is 2.31. The molecule has 0 aliphatic rings. The summed E-state index contributed by atoms with van der Waals surface area (Å²) in [5.41, 5.74) is 1.21. The highest BCUT2D eigenvalue weighted by molar-refractivity contribution is 7.99. The molecular formula is C16H15F2NO2S. The van der Waals surface area contributed by atoms with E-state index in [4.69, 9.17) is 4.74 Å². The monoisotopic (exact) mass is 323 g/mol. The van der Waals surface area contributed by atoms with Crippen LogP contribution in [0.3, 0.4) is 0 Å². The molecular weight excluding hydrogens is 308 g/mol. The fourth-order valence-electron chi connectivity index (χ4n) is 1.89. The van der Waals surface area contributed by atoms with Crippen LogP contribution >= 0.6 is 11.8 Å². The van der Waals surface area contributed by atoms with Gasteiger partial charge in [-0.15, -0.1) is 0 Å². The molecule has 2 rings (SSSR count). The average molecular weight is 323 g/mol. The molecule has 116 valence electrons. The summed E-state index contributed by atoms with van der Waals surface area (Å²) in [6.45, 7) is 0. The number of rotatable bonds is 6. The quantitative estimate of drug-likeness (QED) is 0.810. The number of carbonyl (C=O) groups is 1. The van der Waals surface area contributed by atoms with Gasteiger partial charge < -0.3 is 10.1 Å². The molecule has 0 unspecified atom stereocenters. The maximum Gasteiger partial charge on any atom is 0.288 e. The summed E-state index contributed by atoms with van der Waals surface area (Å²) in [5, 5.41) is 2.67. The third-order valence-electron chi connectivity index (χ3n) is 2.90. The number of hydrogen-bond donors (Lipinski definition) is 1. The largest absolute Gasteiger partial charge is 0.497 e. The van der Waals surface area contributed by atoms with Gasteiger partial charge in [0.05, 0.1) is 19.2 Å². The fraction of sp³-hybridized carbons (Fsp3) is 0.188. The standard InChI is InChI=1S/C16H15F2NO2S/c1-21-12-8-6-11(7-9-12)10-15(20)19-13-4-2-3-5-14(13)22-16(17)18/h2-9,16H,10H2,1H3,(H,19,20). The zero-order valence-corrected chi connectivity index (χ0v) is 12.7. The van der Waals surface area contributed by atoms with Crippen molar-refractivity contribution in [1.29, 1.82) is 0 Å². The summed E-state index contributed by atoms with van der Waals surface area (Å²) in [6.07, 6.45) is 0.164.